The molecule has 2 heterocycles. The zero-order valence-electron chi connectivity index (χ0n) is 19.7. The Morgan fingerprint density at radius 2 is 1.81 bits per heavy atom. The molecule has 4 aromatic rings. The van der Waals surface area contributed by atoms with Crippen molar-refractivity contribution < 1.29 is 9.53 Å². The van der Waals surface area contributed by atoms with Crippen LogP contribution in [-0.2, 0) is 10.5 Å². The molecule has 1 aliphatic heterocycles. The molecule has 3 aromatic carbocycles. The molecule has 1 unspecified atom stereocenters. The summed E-state index contributed by atoms with van der Waals surface area (Å²) in [7, 11) is 1.58. The highest BCUT2D eigenvalue weighted by Gasteiger charge is 2.34. The minimum Gasteiger partial charge on any atom is -0.495 e. The number of thioether (sulfide) groups is 1. The van der Waals surface area contributed by atoms with Crippen LogP contribution in [0.4, 0.5) is 11.6 Å². The number of amides is 1. The molecular weight excluding hydrogens is 494 g/mol. The van der Waals surface area contributed by atoms with Gasteiger partial charge >= 0.3 is 0 Å². The van der Waals surface area contributed by atoms with E-state index in [4.69, 9.17) is 26.4 Å². The van der Waals surface area contributed by atoms with E-state index in [1.54, 1.807) is 11.8 Å². The average molecular weight is 518 g/mol. The van der Waals surface area contributed by atoms with Crippen molar-refractivity contribution in [3.63, 3.8) is 0 Å². The third-order valence-corrected chi connectivity index (χ3v) is 7.12. The molecule has 7 nitrogen and oxygen atoms in total. The molecule has 0 bridgehead atoms. The summed E-state index contributed by atoms with van der Waals surface area (Å²) < 4.78 is 7.19. The zero-order valence-corrected chi connectivity index (χ0v) is 21.3. The zero-order chi connectivity index (χ0) is 25.1. The molecule has 1 atom stereocenters. The summed E-state index contributed by atoms with van der Waals surface area (Å²) in [6.45, 7) is 1.88. The van der Waals surface area contributed by atoms with Crippen LogP contribution in [0.3, 0.4) is 0 Å². The summed E-state index contributed by atoms with van der Waals surface area (Å²) in [6, 6.07) is 24.4. The van der Waals surface area contributed by atoms with E-state index in [9.17, 15) is 4.79 Å². The number of nitrogens with one attached hydrogen (secondary N) is 2. The van der Waals surface area contributed by atoms with Gasteiger partial charge in [0.2, 0.25) is 11.1 Å². The molecule has 0 aliphatic carbocycles. The number of anilines is 2. The number of carbonyl (C=O) groups is 1. The highest BCUT2D eigenvalue weighted by atomic mass is 35.5. The second kappa shape index (κ2) is 10.5. The van der Waals surface area contributed by atoms with Gasteiger partial charge in [0, 0.05) is 16.5 Å². The second-order valence-electron chi connectivity index (χ2n) is 8.17. The Balaban J connectivity index is 1.48. The van der Waals surface area contributed by atoms with E-state index < -0.39 is 6.04 Å². The summed E-state index contributed by atoms with van der Waals surface area (Å²) >= 11 is 7.82. The number of hydrogen-bond acceptors (Lipinski definition) is 6. The predicted molar refractivity (Wildman–Crippen MR) is 144 cm³/mol. The molecule has 9 heteroatoms. The van der Waals surface area contributed by atoms with Gasteiger partial charge in [-0.15, -0.1) is 5.10 Å². The minimum absolute atomic E-state index is 0.246. The van der Waals surface area contributed by atoms with Crippen molar-refractivity contribution in [1.29, 1.82) is 0 Å². The number of aromatic nitrogens is 3. The standard InChI is InChI=1S/C27H24ClN5O2S/c1-17-23(25(34)30-21-14-8-9-15-22(21)35-2)24(18-10-4-3-5-11-18)33-26(29-17)31-27(32-33)36-16-19-12-6-7-13-20(19)28/h3-15,24H,16H2,1-2H3,(H,30,34)(H,29,31,32). The van der Waals surface area contributed by atoms with Gasteiger partial charge < -0.3 is 15.4 Å². The van der Waals surface area contributed by atoms with E-state index >= 15 is 0 Å². The minimum atomic E-state index is -0.459. The van der Waals surface area contributed by atoms with Gasteiger partial charge in [-0.1, -0.05) is 84.0 Å². The predicted octanol–water partition coefficient (Wildman–Crippen LogP) is 6.16. The maximum Gasteiger partial charge on any atom is 0.255 e. The van der Waals surface area contributed by atoms with Gasteiger partial charge in [-0.3, -0.25) is 4.79 Å². The van der Waals surface area contributed by atoms with Crippen LogP contribution in [-0.4, -0.2) is 27.8 Å². The van der Waals surface area contributed by atoms with E-state index in [0.717, 1.165) is 11.1 Å². The van der Waals surface area contributed by atoms with Crippen LogP contribution >= 0.6 is 23.4 Å². The van der Waals surface area contributed by atoms with E-state index in [-0.39, 0.29) is 5.91 Å². The number of carbonyl (C=O) groups excluding carboxylic acids is 1. The molecule has 0 fully saturated rings. The molecular formula is C27H24ClN5O2S. The average Bonchev–Trinajstić information content (AvgIpc) is 3.30. The lowest BCUT2D eigenvalue weighted by molar-refractivity contribution is -0.113. The largest absolute Gasteiger partial charge is 0.495 e. The number of rotatable bonds is 7. The molecule has 2 N–H and O–H groups in total. The van der Waals surface area contributed by atoms with E-state index in [2.05, 4.69) is 10.6 Å². The first-order valence-corrected chi connectivity index (χ1v) is 12.7. The normalized spacial score (nSPS) is 14.7. The van der Waals surface area contributed by atoms with Crippen molar-refractivity contribution in [2.75, 3.05) is 17.7 Å². The van der Waals surface area contributed by atoms with Crippen molar-refractivity contribution >= 4 is 40.9 Å². The summed E-state index contributed by atoms with van der Waals surface area (Å²) in [6.07, 6.45) is 0. The third kappa shape index (κ3) is 4.82. The van der Waals surface area contributed by atoms with Crippen molar-refractivity contribution in [3.8, 4) is 5.75 Å². The van der Waals surface area contributed by atoms with Crippen LogP contribution in [0.15, 0.2) is 95.3 Å². The topological polar surface area (TPSA) is 81.1 Å². The Hall–Kier alpha value is -3.75. The van der Waals surface area contributed by atoms with Crippen molar-refractivity contribution in [1.82, 2.24) is 14.8 Å². The summed E-state index contributed by atoms with van der Waals surface area (Å²) in [5, 5.41) is 12.4. The van der Waals surface area contributed by atoms with Gasteiger partial charge in [-0.05, 0) is 36.2 Å². The van der Waals surface area contributed by atoms with Crippen LogP contribution in [0.25, 0.3) is 0 Å². The van der Waals surface area contributed by atoms with Gasteiger partial charge in [-0.2, -0.15) is 4.98 Å². The first-order valence-electron chi connectivity index (χ1n) is 11.3. The molecule has 182 valence electrons. The number of benzene rings is 3. The van der Waals surface area contributed by atoms with Gasteiger partial charge in [0.25, 0.3) is 5.91 Å². The number of methoxy groups -OCH3 is 1. The maximum absolute atomic E-state index is 13.6. The van der Waals surface area contributed by atoms with Crippen molar-refractivity contribution in [3.05, 3.63) is 106 Å². The quantitative estimate of drug-likeness (QED) is 0.286. The Labute approximate surface area is 218 Å². The van der Waals surface area contributed by atoms with Crippen molar-refractivity contribution in [2.24, 2.45) is 0 Å². The molecule has 5 rings (SSSR count). The number of hydrogen-bond donors (Lipinski definition) is 2. The highest BCUT2D eigenvalue weighted by molar-refractivity contribution is 7.98. The molecule has 0 saturated carbocycles. The summed E-state index contributed by atoms with van der Waals surface area (Å²) in [5.74, 6) is 1.55. The second-order valence-corrected chi connectivity index (χ2v) is 9.52. The lowest BCUT2D eigenvalue weighted by atomic mass is 9.95. The van der Waals surface area contributed by atoms with Gasteiger partial charge in [0.1, 0.15) is 11.8 Å². The van der Waals surface area contributed by atoms with Crippen LogP contribution in [0.5, 0.6) is 5.75 Å². The highest BCUT2D eigenvalue weighted by Crippen LogP contribution is 2.37. The fourth-order valence-electron chi connectivity index (χ4n) is 4.13. The maximum atomic E-state index is 13.6. The van der Waals surface area contributed by atoms with Gasteiger partial charge in [0.15, 0.2) is 0 Å². The van der Waals surface area contributed by atoms with E-state index in [0.29, 0.717) is 44.6 Å². The van der Waals surface area contributed by atoms with Crippen LogP contribution < -0.4 is 15.4 Å². The Bertz CT molecular complexity index is 1440. The smallest absolute Gasteiger partial charge is 0.255 e. The van der Waals surface area contributed by atoms with Crippen LogP contribution in [0.2, 0.25) is 5.02 Å². The number of halogens is 1. The molecule has 1 amide bonds. The molecule has 0 saturated heterocycles. The lowest BCUT2D eigenvalue weighted by Gasteiger charge is -2.28. The fourth-order valence-corrected chi connectivity index (χ4v) is 5.24. The third-order valence-electron chi connectivity index (χ3n) is 5.86. The SMILES string of the molecule is COc1ccccc1NC(=O)C1=C(C)Nc2nc(SCc3ccccc3Cl)nn2C1c1ccccc1. The summed E-state index contributed by atoms with van der Waals surface area (Å²) in [4.78, 5) is 18.4. The van der Waals surface area contributed by atoms with E-state index in [1.807, 2.05) is 85.8 Å². The van der Waals surface area contributed by atoms with Crippen molar-refractivity contribution in [2.45, 2.75) is 23.9 Å². The van der Waals surface area contributed by atoms with E-state index in [1.165, 1.54) is 11.8 Å². The number of ether oxygens (including phenoxy) is 1. The molecule has 0 radical (unpaired) electrons. The number of nitrogens with zero attached hydrogens (tertiary/aromatic N) is 3. The van der Waals surface area contributed by atoms with Crippen LogP contribution in [0.1, 0.15) is 24.1 Å². The molecule has 0 spiro atoms. The Morgan fingerprint density at radius 1 is 1.08 bits per heavy atom. The first kappa shape index (κ1) is 24.0. The number of fused-ring (bicyclic) bond motifs is 1. The fraction of sp³-hybridized carbons (Fsp3) is 0.148. The molecule has 1 aliphatic rings. The molecule has 1 aromatic heterocycles. The lowest BCUT2D eigenvalue weighted by Crippen LogP contribution is -2.31. The van der Waals surface area contributed by atoms with Gasteiger partial charge in [0.05, 0.1) is 18.4 Å². The van der Waals surface area contributed by atoms with Gasteiger partial charge in [-0.25, -0.2) is 4.68 Å². The Morgan fingerprint density at radius 3 is 2.58 bits per heavy atom. The molecule has 36 heavy (non-hydrogen) atoms. The number of allylic oxidation sites excluding steroid dienone is 1. The first-order chi connectivity index (χ1) is 17.5. The Kier molecular flexibility index (Phi) is 6.97. The van der Waals surface area contributed by atoms with Crippen LogP contribution in [0, 0.1) is 0 Å². The monoisotopic (exact) mass is 517 g/mol. The summed E-state index contributed by atoms with van der Waals surface area (Å²) in [5.41, 5.74) is 3.79. The number of para-hydroxylation sites is 2.